The second kappa shape index (κ2) is 7.93. The largest absolute Gasteiger partial charge is 0.464 e. The standard InChI is InChI=1S/C22H26N4O4/c1-22(21(29)24-16-10-6-7-11-16)13-25-14-23-17(20(28)30-2)18(25)19(27)26(22)12-15-8-4-3-5-9-15/h3-5,8-9,14,16H,6-7,10-13H2,1-2H3,(H,24,29). The van der Waals surface area contributed by atoms with Gasteiger partial charge in [0.2, 0.25) is 5.91 Å². The van der Waals surface area contributed by atoms with Gasteiger partial charge in [0.15, 0.2) is 5.69 Å². The Morgan fingerprint density at radius 2 is 1.93 bits per heavy atom. The van der Waals surface area contributed by atoms with Gasteiger partial charge in [-0.15, -0.1) is 0 Å². The Morgan fingerprint density at radius 3 is 2.60 bits per heavy atom. The van der Waals surface area contributed by atoms with Gasteiger partial charge in [-0.3, -0.25) is 9.59 Å². The molecule has 1 aromatic heterocycles. The Morgan fingerprint density at radius 1 is 1.23 bits per heavy atom. The van der Waals surface area contributed by atoms with Crippen molar-refractivity contribution in [2.24, 2.45) is 0 Å². The van der Waals surface area contributed by atoms with E-state index >= 15 is 0 Å². The average Bonchev–Trinajstić information content (AvgIpc) is 3.41. The van der Waals surface area contributed by atoms with Gasteiger partial charge in [0, 0.05) is 12.6 Å². The molecule has 0 bridgehead atoms. The number of hydrogen-bond donors (Lipinski definition) is 1. The van der Waals surface area contributed by atoms with Crippen LogP contribution in [0.5, 0.6) is 0 Å². The molecule has 1 saturated carbocycles. The summed E-state index contributed by atoms with van der Waals surface area (Å²) in [6.45, 7) is 2.24. The summed E-state index contributed by atoms with van der Waals surface area (Å²) in [5, 5.41) is 3.14. The number of amides is 2. The van der Waals surface area contributed by atoms with Gasteiger partial charge >= 0.3 is 5.97 Å². The third-order valence-corrected chi connectivity index (χ3v) is 6.10. The number of carbonyl (C=O) groups excluding carboxylic acids is 3. The molecule has 0 radical (unpaired) electrons. The number of rotatable bonds is 5. The van der Waals surface area contributed by atoms with E-state index in [2.05, 4.69) is 10.3 Å². The zero-order valence-corrected chi connectivity index (χ0v) is 17.3. The van der Waals surface area contributed by atoms with Gasteiger partial charge in [-0.2, -0.15) is 0 Å². The fourth-order valence-electron chi connectivity index (χ4n) is 4.36. The summed E-state index contributed by atoms with van der Waals surface area (Å²) in [6, 6.07) is 9.65. The van der Waals surface area contributed by atoms with Crippen molar-refractivity contribution in [1.29, 1.82) is 0 Å². The lowest BCUT2D eigenvalue weighted by Crippen LogP contribution is -2.64. The molecule has 1 aromatic carbocycles. The minimum Gasteiger partial charge on any atom is -0.464 e. The normalized spacial score (nSPS) is 21.4. The van der Waals surface area contributed by atoms with E-state index in [1.54, 1.807) is 16.4 Å². The lowest BCUT2D eigenvalue weighted by molar-refractivity contribution is -0.134. The molecule has 1 atom stereocenters. The molecule has 158 valence electrons. The van der Waals surface area contributed by atoms with Crippen LogP contribution in [-0.4, -0.2) is 50.9 Å². The molecule has 1 aliphatic carbocycles. The van der Waals surface area contributed by atoms with E-state index in [1.807, 2.05) is 30.3 Å². The summed E-state index contributed by atoms with van der Waals surface area (Å²) in [5.41, 5.74) is -0.0857. The molecule has 0 spiro atoms. The van der Waals surface area contributed by atoms with E-state index in [-0.39, 0.29) is 36.4 Å². The third-order valence-electron chi connectivity index (χ3n) is 6.10. The first-order valence-electron chi connectivity index (χ1n) is 10.2. The van der Waals surface area contributed by atoms with Crippen LogP contribution >= 0.6 is 0 Å². The highest BCUT2D eigenvalue weighted by molar-refractivity contribution is 6.06. The summed E-state index contributed by atoms with van der Waals surface area (Å²) >= 11 is 0. The van der Waals surface area contributed by atoms with Crippen LogP contribution in [0.25, 0.3) is 0 Å². The highest BCUT2D eigenvalue weighted by Gasteiger charge is 2.49. The molecule has 1 unspecified atom stereocenters. The molecule has 30 heavy (non-hydrogen) atoms. The van der Waals surface area contributed by atoms with Crippen LogP contribution in [0, 0.1) is 0 Å². The number of nitrogens with one attached hydrogen (secondary N) is 1. The Balaban J connectivity index is 1.72. The summed E-state index contributed by atoms with van der Waals surface area (Å²) < 4.78 is 6.37. The predicted octanol–water partition coefficient (Wildman–Crippen LogP) is 2.14. The van der Waals surface area contributed by atoms with Gasteiger partial charge in [-0.1, -0.05) is 43.2 Å². The van der Waals surface area contributed by atoms with Gasteiger partial charge in [0.25, 0.3) is 5.91 Å². The molecule has 2 aromatic rings. The van der Waals surface area contributed by atoms with Crippen LogP contribution in [0.4, 0.5) is 0 Å². The maximum Gasteiger partial charge on any atom is 0.359 e. The Hall–Kier alpha value is -3.16. The van der Waals surface area contributed by atoms with E-state index in [0.717, 1.165) is 31.2 Å². The van der Waals surface area contributed by atoms with Crippen molar-refractivity contribution >= 4 is 17.8 Å². The zero-order chi connectivity index (χ0) is 21.3. The molecule has 2 amide bonds. The van der Waals surface area contributed by atoms with Crippen molar-refractivity contribution in [2.75, 3.05) is 7.11 Å². The fraction of sp³-hybridized carbons (Fsp3) is 0.455. The van der Waals surface area contributed by atoms with Crippen LogP contribution in [0.3, 0.4) is 0 Å². The van der Waals surface area contributed by atoms with Gasteiger partial charge in [0.05, 0.1) is 20.0 Å². The molecule has 0 saturated heterocycles. The van der Waals surface area contributed by atoms with Crippen LogP contribution in [0.1, 0.15) is 59.1 Å². The molecule has 8 heteroatoms. The first-order chi connectivity index (χ1) is 14.4. The number of imidazole rings is 1. The maximum atomic E-state index is 13.6. The quantitative estimate of drug-likeness (QED) is 0.763. The van der Waals surface area contributed by atoms with E-state index in [1.165, 1.54) is 13.4 Å². The zero-order valence-electron chi connectivity index (χ0n) is 17.3. The van der Waals surface area contributed by atoms with Gasteiger partial charge < -0.3 is 19.5 Å². The first kappa shape index (κ1) is 20.1. The smallest absolute Gasteiger partial charge is 0.359 e. The number of methoxy groups -OCH3 is 1. The lowest BCUT2D eigenvalue weighted by Gasteiger charge is -2.44. The number of aromatic nitrogens is 2. The van der Waals surface area contributed by atoms with Crippen molar-refractivity contribution in [3.63, 3.8) is 0 Å². The predicted molar refractivity (Wildman–Crippen MR) is 109 cm³/mol. The second-order valence-electron chi connectivity index (χ2n) is 8.17. The highest BCUT2D eigenvalue weighted by Crippen LogP contribution is 2.31. The summed E-state index contributed by atoms with van der Waals surface area (Å²) in [7, 11) is 1.25. The number of fused-ring (bicyclic) bond motifs is 1. The fourth-order valence-corrected chi connectivity index (χ4v) is 4.36. The van der Waals surface area contributed by atoms with Crippen LogP contribution in [0.2, 0.25) is 0 Å². The van der Waals surface area contributed by atoms with Crippen molar-refractivity contribution in [3.8, 4) is 0 Å². The van der Waals surface area contributed by atoms with Gasteiger partial charge in [-0.05, 0) is 25.3 Å². The summed E-state index contributed by atoms with van der Waals surface area (Å²) in [6.07, 6.45) is 5.54. The van der Waals surface area contributed by atoms with Crippen LogP contribution < -0.4 is 5.32 Å². The minimum atomic E-state index is -1.11. The molecule has 1 aliphatic heterocycles. The molecule has 4 rings (SSSR count). The second-order valence-corrected chi connectivity index (χ2v) is 8.17. The maximum absolute atomic E-state index is 13.6. The summed E-state index contributed by atoms with van der Waals surface area (Å²) in [4.78, 5) is 44.7. The molecular weight excluding hydrogens is 384 g/mol. The molecule has 8 nitrogen and oxygen atoms in total. The number of ether oxygens (including phenoxy) is 1. The number of esters is 1. The van der Waals surface area contributed by atoms with Gasteiger partial charge in [-0.25, -0.2) is 9.78 Å². The van der Waals surface area contributed by atoms with Crippen molar-refractivity contribution in [3.05, 3.63) is 53.6 Å². The van der Waals surface area contributed by atoms with Crippen LogP contribution in [0.15, 0.2) is 36.7 Å². The van der Waals surface area contributed by atoms with Gasteiger partial charge in [0.1, 0.15) is 11.2 Å². The molecule has 1 N–H and O–H groups in total. The van der Waals surface area contributed by atoms with E-state index in [9.17, 15) is 14.4 Å². The molecule has 2 aliphatic rings. The van der Waals surface area contributed by atoms with E-state index in [4.69, 9.17) is 4.74 Å². The number of hydrogen-bond acceptors (Lipinski definition) is 5. The lowest BCUT2D eigenvalue weighted by atomic mass is 9.93. The summed E-state index contributed by atoms with van der Waals surface area (Å²) in [5.74, 6) is -1.26. The van der Waals surface area contributed by atoms with Crippen molar-refractivity contribution in [1.82, 2.24) is 19.8 Å². The molecule has 1 fully saturated rings. The number of carbonyl (C=O) groups is 3. The monoisotopic (exact) mass is 410 g/mol. The Bertz CT molecular complexity index is 965. The topological polar surface area (TPSA) is 93.5 Å². The molecular formula is C22H26N4O4. The highest BCUT2D eigenvalue weighted by atomic mass is 16.5. The molecule has 2 heterocycles. The minimum absolute atomic E-state index is 0.0289. The van der Waals surface area contributed by atoms with Crippen molar-refractivity contribution < 1.29 is 19.1 Å². The van der Waals surface area contributed by atoms with E-state index < -0.39 is 17.4 Å². The Labute approximate surface area is 175 Å². The third kappa shape index (κ3) is 3.46. The number of nitrogens with zero attached hydrogens (tertiary/aromatic N) is 3. The number of benzene rings is 1. The first-order valence-corrected chi connectivity index (χ1v) is 10.2. The van der Waals surface area contributed by atoms with E-state index in [0.29, 0.717) is 0 Å². The average molecular weight is 410 g/mol. The van der Waals surface area contributed by atoms with Crippen LogP contribution in [-0.2, 0) is 22.6 Å². The SMILES string of the molecule is COC(=O)c1ncn2c1C(=O)N(Cc1ccccc1)C(C)(C(=O)NC1CCCC1)C2. The van der Waals surface area contributed by atoms with Crippen molar-refractivity contribution in [2.45, 2.75) is 57.3 Å². The Kier molecular flexibility index (Phi) is 5.32.